The van der Waals surface area contributed by atoms with Gasteiger partial charge in [-0.15, -0.1) is 0 Å². The van der Waals surface area contributed by atoms with E-state index >= 15 is 0 Å². The fourth-order valence-corrected chi connectivity index (χ4v) is 2.94. The maximum absolute atomic E-state index is 12.5. The van der Waals surface area contributed by atoms with Crippen molar-refractivity contribution < 1.29 is 9.53 Å². The Labute approximate surface area is 166 Å². The summed E-state index contributed by atoms with van der Waals surface area (Å²) in [7, 11) is 0. The second kappa shape index (κ2) is 10.3. The fraction of sp³-hybridized carbons (Fsp3) is 0.208. The molecule has 0 saturated carbocycles. The normalized spacial score (nSPS) is 10.6. The Morgan fingerprint density at radius 3 is 2.25 bits per heavy atom. The maximum atomic E-state index is 12.5. The number of hydrogen-bond acceptors (Lipinski definition) is 3. The predicted octanol–water partition coefficient (Wildman–Crippen LogP) is 5.33. The van der Waals surface area contributed by atoms with Crippen molar-refractivity contribution in [2.45, 2.75) is 19.9 Å². The summed E-state index contributed by atoms with van der Waals surface area (Å²) in [6, 6.07) is 27.4. The quantitative estimate of drug-likeness (QED) is 0.550. The Morgan fingerprint density at radius 2 is 1.54 bits per heavy atom. The zero-order valence-corrected chi connectivity index (χ0v) is 16.2. The topological polar surface area (TPSA) is 41.6 Å². The van der Waals surface area contributed by atoms with E-state index in [1.54, 1.807) is 0 Å². The molecule has 0 aromatic heterocycles. The molecule has 0 unspecified atom stereocenters. The van der Waals surface area contributed by atoms with E-state index < -0.39 is 0 Å². The number of amides is 1. The van der Waals surface area contributed by atoms with Gasteiger partial charge in [0.1, 0.15) is 5.75 Å². The third kappa shape index (κ3) is 5.96. The van der Waals surface area contributed by atoms with E-state index in [0.29, 0.717) is 24.4 Å². The summed E-state index contributed by atoms with van der Waals surface area (Å²) >= 11 is 0. The second-order valence-electron chi connectivity index (χ2n) is 6.56. The summed E-state index contributed by atoms with van der Waals surface area (Å²) < 4.78 is 5.91. The first-order valence-electron chi connectivity index (χ1n) is 9.62. The highest BCUT2D eigenvalue weighted by Gasteiger charge is 2.11. The smallest absolute Gasteiger partial charge is 0.225 e. The van der Waals surface area contributed by atoms with E-state index in [-0.39, 0.29) is 5.91 Å². The van der Waals surface area contributed by atoms with Crippen LogP contribution in [0.3, 0.4) is 0 Å². The molecule has 4 heteroatoms. The van der Waals surface area contributed by atoms with Crippen LogP contribution in [0, 0.1) is 0 Å². The number of nitrogens with zero attached hydrogens (tertiary/aromatic N) is 1. The number of rotatable bonds is 9. The number of carbonyl (C=O) groups excluding carboxylic acids is 1. The van der Waals surface area contributed by atoms with Crippen molar-refractivity contribution in [2.75, 3.05) is 18.4 Å². The molecule has 0 radical (unpaired) electrons. The molecule has 0 saturated heterocycles. The number of anilines is 1. The van der Waals surface area contributed by atoms with Gasteiger partial charge in [-0.25, -0.2) is 0 Å². The van der Waals surface area contributed by atoms with E-state index in [2.05, 4.69) is 29.3 Å². The van der Waals surface area contributed by atoms with Crippen LogP contribution in [0.5, 0.6) is 11.5 Å². The van der Waals surface area contributed by atoms with Crippen LogP contribution >= 0.6 is 0 Å². The van der Waals surface area contributed by atoms with Gasteiger partial charge in [-0.05, 0) is 36.4 Å². The lowest BCUT2D eigenvalue weighted by molar-refractivity contribution is -0.116. The minimum Gasteiger partial charge on any atom is -0.455 e. The molecule has 4 nitrogen and oxygen atoms in total. The third-order valence-electron chi connectivity index (χ3n) is 4.48. The summed E-state index contributed by atoms with van der Waals surface area (Å²) in [4.78, 5) is 14.8. The van der Waals surface area contributed by atoms with Crippen molar-refractivity contribution in [3.63, 3.8) is 0 Å². The molecule has 28 heavy (non-hydrogen) atoms. The molecule has 3 aromatic rings. The van der Waals surface area contributed by atoms with Crippen molar-refractivity contribution in [1.29, 1.82) is 0 Å². The summed E-state index contributed by atoms with van der Waals surface area (Å²) in [5, 5.41) is 2.98. The largest absolute Gasteiger partial charge is 0.455 e. The molecule has 0 aliphatic carbocycles. The number of carbonyl (C=O) groups is 1. The van der Waals surface area contributed by atoms with Crippen LogP contribution in [0.1, 0.15) is 18.9 Å². The standard InChI is InChI=1S/C24H26N2O2/c1-2-26(19-20-11-5-3-6-12-20)18-17-24(27)25-22-15-9-10-16-23(22)28-21-13-7-4-8-14-21/h3-16H,2,17-19H2,1H3,(H,25,27). The summed E-state index contributed by atoms with van der Waals surface area (Å²) in [5.41, 5.74) is 1.94. The zero-order chi connectivity index (χ0) is 19.6. The molecule has 0 aliphatic heterocycles. The molecule has 1 N–H and O–H groups in total. The van der Waals surface area contributed by atoms with Crippen LogP contribution in [-0.4, -0.2) is 23.9 Å². The Hall–Kier alpha value is -3.11. The number of para-hydroxylation sites is 3. The number of benzene rings is 3. The first-order valence-corrected chi connectivity index (χ1v) is 9.62. The number of hydrogen-bond donors (Lipinski definition) is 1. The van der Waals surface area contributed by atoms with E-state index in [1.807, 2.05) is 72.8 Å². The molecule has 1 amide bonds. The molecular formula is C24H26N2O2. The van der Waals surface area contributed by atoms with Gasteiger partial charge < -0.3 is 10.1 Å². The van der Waals surface area contributed by atoms with Crippen LogP contribution in [0.15, 0.2) is 84.9 Å². The summed E-state index contributed by atoms with van der Waals surface area (Å²) in [6.07, 6.45) is 0.431. The molecule has 0 atom stereocenters. The van der Waals surface area contributed by atoms with Crippen molar-refractivity contribution in [3.05, 3.63) is 90.5 Å². The van der Waals surface area contributed by atoms with Gasteiger partial charge in [-0.1, -0.05) is 67.6 Å². The van der Waals surface area contributed by atoms with Crippen molar-refractivity contribution in [3.8, 4) is 11.5 Å². The van der Waals surface area contributed by atoms with Crippen LogP contribution in [0.2, 0.25) is 0 Å². The molecule has 3 rings (SSSR count). The monoisotopic (exact) mass is 374 g/mol. The Balaban J connectivity index is 1.56. The Bertz CT molecular complexity index is 866. The average molecular weight is 374 g/mol. The Morgan fingerprint density at radius 1 is 0.893 bits per heavy atom. The highest BCUT2D eigenvalue weighted by atomic mass is 16.5. The minimum atomic E-state index is -0.0179. The Kier molecular flexibility index (Phi) is 7.21. The summed E-state index contributed by atoms with van der Waals surface area (Å²) in [6.45, 7) is 4.57. The molecule has 144 valence electrons. The van der Waals surface area contributed by atoms with Gasteiger partial charge in [0.05, 0.1) is 5.69 Å². The minimum absolute atomic E-state index is 0.0179. The van der Waals surface area contributed by atoms with Gasteiger partial charge in [-0.2, -0.15) is 0 Å². The fourth-order valence-electron chi connectivity index (χ4n) is 2.94. The number of nitrogens with one attached hydrogen (secondary N) is 1. The molecule has 0 aliphatic rings. The molecule has 0 bridgehead atoms. The van der Waals surface area contributed by atoms with Gasteiger partial charge in [0.25, 0.3) is 0 Å². The van der Waals surface area contributed by atoms with Crippen molar-refractivity contribution in [1.82, 2.24) is 4.90 Å². The second-order valence-corrected chi connectivity index (χ2v) is 6.56. The predicted molar refractivity (Wildman–Crippen MR) is 114 cm³/mol. The maximum Gasteiger partial charge on any atom is 0.225 e. The van der Waals surface area contributed by atoms with Crippen molar-refractivity contribution >= 4 is 11.6 Å². The van der Waals surface area contributed by atoms with Gasteiger partial charge in [0.15, 0.2) is 5.75 Å². The van der Waals surface area contributed by atoms with E-state index in [0.717, 1.165) is 18.8 Å². The highest BCUT2D eigenvalue weighted by molar-refractivity contribution is 5.92. The third-order valence-corrected chi connectivity index (χ3v) is 4.48. The van der Waals surface area contributed by atoms with Gasteiger partial charge in [0.2, 0.25) is 5.91 Å². The first kappa shape index (κ1) is 19.6. The van der Waals surface area contributed by atoms with Crippen molar-refractivity contribution in [2.24, 2.45) is 0 Å². The van der Waals surface area contributed by atoms with E-state index in [4.69, 9.17) is 4.74 Å². The molecule has 0 fully saturated rings. The van der Waals surface area contributed by atoms with E-state index in [9.17, 15) is 4.79 Å². The van der Waals surface area contributed by atoms with Gasteiger partial charge in [0, 0.05) is 19.5 Å². The lowest BCUT2D eigenvalue weighted by atomic mass is 10.2. The molecule has 0 spiro atoms. The molecule has 0 heterocycles. The SMILES string of the molecule is CCN(CCC(=O)Nc1ccccc1Oc1ccccc1)Cc1ccccc1. The lowest BCUT2D eigenvalue weighted by Gasteiger charge is -2.20. The van der Waals surface area contributed by atoms with E-state index in [1.165, 1.54) is 5.56 Å². The lowest BCUT2D eigenvalue weighted by Crippen LogP contribution is -2.27. The van der Waals surface area contributed by atoms with Crippen LogP contribution < -0.4 is 10.1 Å². The van der Waals surface area contributed by atoms with Crippen LogP contribution in [-0.2, 0) is 11.3 Å². The van der Waals surface area contributed by atoms with Crippen LogP contribution in [0.4, 0.5) is 5.69 Å². The summed E-state index contributed by atoms with van der Waals surface area (Å²) in [5.74, 6) is 1.36. The van der Waals surface area contributed by atoms with Gasteiger partial charge >= 0.3 is 0 Å². The first-order chi connectivity index (χ1) is 13.7. The molecule has 3 aromatic carbocycles. The highest BCUT2D eigenvalue weighted by Crippen LogP contribution is 2.29. The van der Waals surface area contributed by atoms with Crippen LogP contribution in [0.25, 0.3) is 0 Å². The number of ether oxygens (including phenoxy) is 1. The van der Waals surface area contributed by atoms with Gasteiger partial charge in [-0.3, -0.25) is 9.69 Å². The molecular weight excluding hydrogens is 348 g/mol. The average Bonchev–Trinajstić information content (AvgIpc) is 2.74. The zero-order valence-electron chi connectivity index (χ0n) is 16.2.